The van der Waals surface area contributed by atoms with Crippen LogP contribution in [0, 0.1) is 5.92 Å². The number of nitrogens with zero attached hydrogens (tertiary/aromatic N) is 2. The van der Waals surface area contributed by atoms with E-state index in [0.717, 1.165) is 4.57 Å². The number of esters is 1. The molecule has 2 heterocycles. The number of rotatable bonds is 6. The molecule has 2 unspecified atom stereocenters. The van der Waals surface area contributed by atoms with E-state index in [4.69, 9.17) is 19.9 Å². The van der Waals surface area contributed by atoms with Crippen molar-refractivity contribution in [3.05, 3.63) is 22.7 Å². The number of hydrogen-bond donors (Lipinski definition) is 4. The van der Waals surface area contributed by atoms with Gasteiger partial charge in [0.25, 0.3) is 0 Å². The molecular weight excluding hydrogens is 424 g/mol. The fraction of sp³-hybridized carbons (Fsp3) is 0.700. The van der Waals surface area contributed by atoms with Crippen LogP contribution in [-0.4, -0.2) is 67.9 Å². The van der Waals surface area contributed by atoms with E-state index in [2.05, 4.69) is 10.3 Å². The lowest BCUT2D eigenvalue weighted by Gasteiger charge is -2.32. The highest BCUT2D eigenvalue weighted by atomic mass is 16.6. The number of nitrogens with two attached hydrogens (primary N) is 1. The van der Waals surface area contributed by atoms with E-state index in [1.807, 2.05) is 0 Å². The van der Waals surface area contributed by atoms with Gasteiger partial charge in [-0.25, -0.2) is 14.4 Å². The fourth-order valence-corrected chi connectivity index (χ4v) is 3.31. The highest BCUT2D eigenvalue weighted by Crippen LogP contribution is 2.39. The number of carbonyl (C=O) groups is 2. The summed E-state index contributed by atoms with van der Waals surface area (Å²) in [5, 5.41) is 23.3. The van der Waals surface area contributed by atoms with E-state index >= 15 is 0 Å². The Labute approximate surface area is 185 Å². The summed E-state index contributed by atoms with van der Waals surface area (Å²) in [6.45, 7) is 9.14. The summed E-state index contributed by atoms with van der Waals surface area (Å²) in [4.78, 5) is 40.9. The van der Waals surface area contributed by atoms with Crippen molar-refractivity contribution in [3.8, 4) is 0 Å². The summed E-state index contributed by atoms with van der Waals surface area (Å²) in [6.07, 6.45) is -3.33. The Morgan fingerprint density at radius 1 is 1.41 bits per heavy atom. The Bertz CT molecular complexity index is 892. The maximum atomic E-state index is 12.9. The summed E-state index contributed by atoms with van der Waals surface area (Å²) in [5.41, 5.74) is 2.02. The lowest BCUT2D eigenvalue weighted by atomic mass is 9.95. The summed E-state index contributed by atoms with van der Waals surface area (Å²) in [6, 6.07) is 0.244. The van der Waals surface area contributed by atoms with Crippen LogP contribution < -0.4 is 16.7 Å². The second kappa shape index (κ2) is 9.43. The van der Waals surface area contributed by atoms with Crippen molar-refractivity contribution in [2.75, 3.05) is 12.3 Å². The van der Waals surface area contributed by atoms with Crippen LogP contribution >= 0.6 is 0 Å². The first kappa shape index (κ1) is 25.6. The van der Waals surface area contributed by atoms with Crippen LogP contribution in [0.5, 0.6) is 0 Å². The molecule has 1 amide bonds. The second-order valence-electron chi connectivity index (χ2n) is 9.20. The number of anilines is 1. The third-order valence-electron chi connectivity index (χ3n) is 4.84. The maximum absolute atomic E-state index is 12.9. The Balaban J connectivity index is 2.25. The number of carbonyl (C=O) groups excluding carboxylic acids is 2. The number of aromatic nitrogens is 2. The summed E-state index contributed by atoms with van der Waals surface area (Å²) >= 11 is 0. The van der Waals surface area contributed by atoms with Crippen LogP contribution in [0.2, 0.25) is 0 Å². The van der Waals surface area contributed by atoms with Crippen molar-refractivity contribution in [1.82, 2.24) is 14.9 Å². The van der Waals surface area contributed by atoms with Crippen LogP contribution in [0.1, 0.15) is 47.8 Å². The number of alkyl carbamates (subject to hydrolysis) is 1. The van der Waals surface area contributed by atoms with Gasteiger partial charge in [0.2, 0.25) is 0 Å². The summed E-state index contributed by atoms with van der Waals surface area (Å²) in [5.74, 6) is -1.25. The predicted octanol–water partition coefficient (Wildman–Crippen LogP) is -0.0727. The SMILES string of the molecule is CC(C)C(NC(=O)OC(C)(C)C)C(=O)OC1[C@@H](CO)O[C@@H](n2ccc(N)nc2=O)[C@@]1(C)O. The summed E-state index contributed by atoms with van der Waals surface area (Å²) < 4.78 is 17.3. The molecule has 1 aliphatic heterocycles. The lowest BCUT2D eigenvalue weighted by molar-refractivity contribution is -0.167. The third-order valence-corrected chi connectivity index (χ3v) is 4.84. The van der Waals surface area contributed by atoms with Gasteiger partial charge < -0.3 is 35.5 Å². The summed E-state index contributed by atoms with van der Waals surface area (Å²) in [7, 11) is 0. The largest absolute Gasteiger partial charge is 0.455 e. The molecule has 32 heavy (non-hydrogen) atoms. The number of amides is 1. The van der Waals surface area contributed by atoms with E-state index in [0.29, 0.717) is 0 Å². The number of hydrogen-bond acceptors (Lipinski definition) is 10. The van der Waals surface area contributed by atoms with Crippen molar-refractivity contribution < 1.29 is 34.0 Å². The van der Waals surface area contributed by atoms with Crippen LogP contribution in [0.3, 0.4) is 0 Å². The van der Waals surface area contributed by atoms with E-state index in [-0.39, 0.29) is 11.7 Å². The molecule has 2 rings (SSSR count). The highest BCUT2D eigenvalue weighted by Gasteiger charge is 2.56. The minimum absolute atomic E-state index is 0.0152. The first-order valence-electron chi connectivity index (χ1n) is 10.2. The molecule has 1 saturated heterocycles. The van der Waals surface area contributed by atoms with Crippen LogP contribution in [0.25, 0.3) is 0 Å². The Morgan fingerprint density at radius 3 is 2.53 bits per heavy atom. The van der Waals surface area contributed by atoms with Gasteiger partial charge in [0.1, 0.15) is 29.2 Å². The molecule has 0 aromatic carbocycles. The van der Waals surface area contributed by atoms with Crippen molar-refractivity contribution in [2.45, 2.75) is 77.2 Å². The van der Waals surface area contributed by atoms with Crippen LogP contribution in [0.15, 0.2) is 17.1 Å². The third kappa shape index (κ3) is 5.75. The highest BCUT2D eigenvalue weighted by molar-refractivity contribution is 5.82. The number of aliphatic hydroxyl groups excluding tert-OH is 1. The normalized spacial score (nSPS) is 26.6. The number of nitrogens with one attached hydrogen (secondary N) is 1. The Hall–Kier alpha value is -2.70. The topological polar surface area (TPSA) is 175 Å². The van der Waals surface area contributed by atoms with E-state index in [1.165, 1.54) is 19.2 Å². The van der Waals surface area contributed by atoms with E-state index in [1.54, 1.807) is 34.6 Å². The van der Waals surface area contributed by atoms with Gasteiger partial charge in [0.15, 0.2) is 12.3 Å². The van der Waals surface area contributed by atoms with Crippen molar-refractivity contribution in [1.29, 1.82) is 0 Å². The van der Waals surface area contributed by atoms with E-state index in [9.17, 15) is 24.6 Å². The average molecular weight is 456 g/mol. The molecule has 180 valence electrons. The average Bonchev–Trinajstić information content (AvgIpc) is 2.88. The zero-order chi connectivity index (χ0) is 24.4. The number of ether oxygens (including phenoxy) is 3. The van der Waals surface area contributed by atoms with Crippen molar-refractivity contribution in [2.24, 2.45) is 5.92 Å². The molecule has 5 N–H and O–H groups in total. The maximum Gasteiger partial charge on any atom is 0.408 e. The van der Waals surface area contributed by atoms with E-state index < -0.39 is 60.0 Å². The molecule has 0 bridgehead atoms. The van der Waals surface area contributed by atoms with Gasteiger partial charge in [-0.05, 0) is 39.7 Å². The molecule has 1 fully saturated rings. The molecule has 12 nitrogen and oxygen atoms in total. The second-order valence-corrected chi connectivity index (χ2v) is 9.20. The van der Waals surface area contributed by atoms with Crippen LogP contribution in [0.4, 0.5) is 10.6 Å². The smallest absolute Gasteiger partial charge is 0.408 e. The first-order chi connectivity index (χ1) is 14.7. The van der Waals surface area contributed by atoms with Crippen molar-refractivity contribution >= 4 is 17.9 Å². The monoisotopic (exact) mass is 456 g/mol. The first-order valence-corrected chi connectivity index (χ1v) is 10.2. The van der Waals surface area contributed by atoms with Gasteiger partial charge >= 0.3 is 17.8 Å². The van der Waals surface area contributed by atoms with Crippen LogP contribution in [-0.2, 0) is 19.0 Å². The molecule has 1 aliphatic rings. The molecule has 1 aromatic rings. The van der Waals surface area contributed by atoms with Crippen molar-refractivity contribution in [3.63, 3.8) is 0 Å². The quantitative estimate of drug-likeness (QED) is 0.424. The molecule has 12 heteroatoms. The zero-order valence-corrected chi connectivity index (χ0v) is 19.1. The minimum atomic E-state index is -1.92. The molecule has 1 aromatic heterocycles. The number of nitrogen functional groups attached to an aromatic ring is 1. The Morgan fingerprint density at radius 2 is 2.03 bits per heavy atom. The number of aliphatic hydroxyl groups is 2. The van der Waals surface area contributed by atoms with Gasteiger partial charge in [-0.3, -0.25) is 4.57 Å². The molecule has 5 atom stereocenters. The van der Waals surface area contributed by atoms with Gasteiger partial charge in [-0.2, -0.15) is 4.98 Å². The fourth-order valence-electron chi connectivity index (χ4n) is 3.31. The zero-order valence-electron chi connectivity index (χ0n) is 19.1. The van der Waals surface area contributed by atoms with Gasteiger partial charge in [0.05, 0.1) is 6.61 Å². The Kier molecular flexibility index (Phi) is 7.53. The standard InChI is InChI=1S/C20H32N4O8/c1-10(2)13(23-18(28)32-19(3,4)5)15(26)31-14-11(9-25)30-16(20(14,6)29)24-8-7-12(21)22-17(24)27/h7-8,10-11,13-14,16,25,29H,9H2,1-6H3,(H,23,28)(H2,21,22,27)/t11-,13?,14?,16-,20+/m1/s1. The van der Waals surface area contributed by atoms with Gasteiger partial charge in [-0.1, -0.05) is 13.8 Å². The molecule has 0 saturated carbocycles. The molecule has 0 spiro atoms. The van der Waals surface area contributed by atoms with Gasteiger partial charge in [-0.15, -0.1) is 0 Å². The van der Waals surface area contributed by atoms with Gasteiger partial charge in [0, 0.05) is 6.20 Å². The molecular formula is C20H32N4O8. The predicted molar refractivity (Wildman–Crippen MR) is 112 cm³/mol. The minimum Gasteiger partial charge on any atom is -0.455 e. The molecule has 0 radical (unpaired) electrons. The lowest BCUT2D eigenvalue weighted by Crippen LogP contribution is -2.53. The molecule has 0 aliphatic carbocycles.